The van der Waals surface area contributed by atoms with Crippen molar-refractivity contribution in [2.45, 2.75) is 32.6 Å². The van der Waals surface area contributed by atoms with E-state index in [4.69, 9.17) is 4.42 Å². The van der Waals surface area contributed by atoms with Crippen LogP contribution in [0.25, 0.3) is 0 Å². The summed E-state index contributed by atoms with van der Waals surface area (Å²) in [6.45, 7) is 2.38. The van der Waals surface area contributed by atoms with Crippen LogP contribution in [0.5, 0.6) is 0 Å². The molecule has 0 bridgehead atoms. The molecule has 2 aliphatic rings. The molecule has 0 atom stereocenters. The summed E-state index contributed by atoms with van der Waals surface area (Å²) in [6.07, 6.45) is 2.74. The number of rotatable bonds is 3. The fraction of sp³-hybridized carbons (Fsp3) is 0.500. The van der Waals surface area contributed by atoms with Gasteiger partial charge in [0.2, 0.25) is 5.91 Å². The van der Waals surface area contributed by atoms with Crippen LogP contribution < -0.4 is 5.63 Å². The molecule has 1 saturated carbocycles. The zero-order valence-electron chi connectivity index (χ0n) is 10.8. The van der Waals surface area contributed by atoms with Crippen molar-refractivity contribution in [2.24, 2.45) is 5.92 Å². The first kappa shape index (κ1) is 12.1. The van der Waals surface area contributed by atoms with Crippen LogP contribution in [-0.2, 0) is 17.6 Å². The van der Waals surface area contributed by atoms with E-state index in [1.807, 2.05) is 6.92 Å². The zero-order valence-corrected chi connectivity index (χ0v) is 10.8. The lowest BCUT2D eigenvalue weighted by Crippen LogP contribution is -2.44. The number of hydrogen-bond acceptors (Lipinski definition) is 4. The number of carbonyl (C=O) groups is 2. The quantitative estimate of drug-likeness (QED) is 0.765. The molecule has 1 aromatic heterocycles. The van der Waals surface area contributed by atoms with Crippen LogP contribution in [0.2, 0.25) is 0 Å². The van der Waals surface area contributed by atoms with Gasteiger partial charge in [0.1, 0.15) is 5.76 Å². The largest absolute Gasteiger partial charge is 0.426 e. The minimum absolute atomic E-state index is 0.0108. The molecule has 5 heteroatoms. The normalized spacial score (nSPS) is 18.7. The van der Waals surface area contributed by atoms with Gasteiger partial charge in [0, 0.05) is 12.6 Å². The van der Waals surface area contributed by atoms with Gasteiger partial charge in [0.05, 0.1) is 12.0 Å². The lowest BCUT2D eigenvalue weighted by Gasteiger charge is -2.26. The van der Waals surface area contributed by atoms with Gasteiger partial charge in [-0.05, 0) is 30.7 Å². The van der Waals surface area contributed by atoms with Crippen molar-refractivity contribution < 1.29 is 14.0 Å². The van der Waals surface area contributed by atoms with Gasteiger partial charge in [0.15, 0.2) is 0 Å². The summed E-state index contributed by atoms with van der Waals surface area (Å²) < 4.78 is 5.03. The summed E-state index contributed by atoms with van der Waals surface area (Å²) >= 11 is 0. The monoisotopic (exact) mass is 261 g/mol. The molecule has 3 rings (SSSR count). The minimum atomic E-state index is -0.494. The van der Waals surface area contributed by atoms with Gasteiger partial charge in [-0.3, -0.25) is 14.5 Å². The van der Waals surface area contributed by atoms with Crippen molar-refractivity contribution >= 4 is 11.8 Å². The summed E-state index contributed by atoms with van der Waals surface area (Å²) in [5.74, 6) is 0.112. The molecule has 1 aliphatic heterocycles. The Balaban J connectivity index is 2.05. The average Bonchev–Trinajstić information content (AvgIpc) is 3.16. The van der Waals surface area contributed by atoms with E-state index in [1.165, 1.54) is 11.0 Å². The van der Waals surface area contributed by atoms with Crippen molar-refractivity contribution in [3.63, 3.8) is 0 Å². The maximum atomic E-state index is 12.4. The lowest BCUT2D eigenvalue weighted by atomic mass is 9.98. The highest BCUT2D eigenvalue weighted by Crippen LogP contribution is 2.32. The molecule has 100 valence electrons. The summed E-state index contributed by atoms with van der Waals surface area (Å²) in [7, 11) is 0. The Labute approximate surface area is 110 Å². The molecule has 0 radical (unpaired) electrons. The van der Waals surface area contributed by atoms with E-state index in [0.717, 1.165) is 12.8 Å². The Hall–Kier alpha value is -1.91. The third-order valence-corrected chi connectivity index (χ3v) is 3.71. The number of aryl methyl sites for hydroxylation is 1. The molecule has 2 amide bonds. The Kier molecular flexibility index (Phi) is 2.77. The molecule has 0 unspecified atom stereocenters. The molecular weight excluding hydrogens is 246 g/mol. The fourth-order valence-corrected chi connectivity index (χ4v) is 2.48. The van der Waals surface area contributed by atoms with E-state index in [1.54, 1.807) is 0 Å². The van der Waals surface area contributed by atoms with E-state index in [9.17, 15) is 14.4 Å². The van der Waals surface area contributed by atoms with E-state index >= 15 is 0 Å². The molecule has 19 heavy (non-hydrogen) atoms. The molecule has 5 nitrogen and oxygen atoms in total. The zero-order chi connectivity index (χ0) is 13.6. The summed E-state index contributed by atoms with van der Waals surface area (Å²) in [6, 6.07) is 1.35. The van der Waals surface area contributed by atoms with E-state index < -0.39 is 5.63 Å². The predicted octanol–water partition coefficient (Wildman–Crippen LogP) is 1.14. The van der Waals surface area contributed by atoms with E-state index in [-0.39, 0.29) is 24.0 Å². The Morgan fingerprint density at radius 1 is 1.32 bits per heavy atom. The van der Waals surface area contributed by atoms with Crippen LogP contribution >= 0.6 is 0 Å². The highest BCUT2D eigenvalue weighted by atomic mass is 16.4. The molecule has 0 saturated heterocycles. The number of fused-ring (bicyclic) bond motifs is 1. The maximum absolute atomic E-state index is 12.4. The predicted molar refractivity (Wildman–Crippen MR) is 66.8 cm³/mol. The van der Waals surface area contributed by atoms with Crippen molar-refractivity contribution in [1.82, 2.24) is 4.90 Å². The standard InChI is InChI=1S/C14H15NO4/c1-2-9-5-12(17)19-10-6-11(16)15(7-8-3-4-8)14(18)13(9)10/h5,8H,2-4,6-7H2,1H3. The van der Waals surface area contributed by atoms with Crippen molar-refractivity contribution in [1.29, 1.82) is 0 Å². The minimum Gasteiger partial charge on any atom is -0.426 e. The third-order valence-electron chi connectivity index (χ3n) is 3.71. The number of carbonyl (C=O) groups excluding carboxylic acids is 2. The topological polar surface area (TPSA) is 67.6 Å². The van der Waals surface area contributed by atoms with Crippen LogP contribution in [0.1, 0.15) is 41.4 Å². The molecular formula is C14H15NO4. The van der Waals surface area contributed by atoms with Gasteiger partial charge in [-0.15, -0.1) is 0 Å². The smallest absolute Gasteiger partial charge is 0.336 e. The molecule has 0 N–H and O–H groups in total. The van der Waals surface area contributed by atoms with Crippen LogP contribution in [0.4, 0.5) is 0 Å². The fourth-order valence-electron chi connectivity index (χ4n) is 2.48. The number of imide groups is 1. The van der Waals surface area contributed by atoms with E-state index in [2.05, 4.69) is 0 Å². The summed E-state index contributed by atoms with van der Waals surface area (Å²) in [5, 5.41) is 0. The molecule has 0 spiro atoms. The van der Waals surface area contributed by atoms with Gasteiger partial charge in [-0.2, -0.15) is 0 Å². The lowest BCUT2D eigenvalue weighted by molar-refractivity contribution is -0.129. The second kappa shape index (κ2) is 4.33. The first-order valence-corrected chi connectivity index (χ1v) is 6.60. The average molecular weight is 261 g/mol. The molecule has 1 fully saturated rings. The first-order valence-electron chi connectivity index (χ1n) is 6.60. The van der Waals surface area contributed by atoms with Crippen molar-refractivity contribution in [3.8, 4) is 0 Å². The molecule has 0 aromatic carbocycles. The Morgan fingerprint density at radius 2 is 2.05 bits per heavy atom. The second-order valence-electron chi connectivity index (χ2n) is 5.17. The second-order valence-corrected chi connectivity index (χ2v) is 5.17. The van der Waals surface area contributed by atoms with Gasteiger partial charge in [0.25, 0.3) is 5.91 Å². The van der Waals surface area contributed by atoms with Crippen LogP contribution in [0.15, 0.2) is 15.3 Å². The van der Waals surface area contributed by atoms with Crippen LogP contribution in [0, 0.1) is 5.92 Å². The van der Waals surface area contributed by atoms with Gasteiger partial charge < -0.3 is 4.42 Å². The highest BCUT2D eigenvalue weighted by molar-refractivity contribution is 6.09. The highest BCUT2D eigenvalue weighted by Gasteiger charge is 2.37. The van der Waals surface area contributed by atoms with Crippen molar-refractivity contribution in [3.05, 3.63) is 33.4 Å². The molecule has 2 heterocycles. The number of amides is 2. The van der Waals surface area contributed by atoms with Crippen LogP contribution in [0.3, 0.4) is 0 Å². The van der Waals surface area contributed by atoms with Gasteiger partial charge in [-0.25, -0.2) is 4.79 Å². The van der Waals surface area contributed by atoms with Crippen molar-refractivity contribution in [2.75, 3.05) is 6.54 Å². The molecule has 1 aliphatic carbocycles. The number of nitrogens with zero attached hydrogens (tertiary/aromatic N) is 1. The third kappa shape index (κ3) is 2.09. The first-order chi connectivity index (χ1) is 9.10. The Morgan fingerprint density at radius 3 is 2.68 bits per heavy atom. The van der Waals surface area contributed by atoms with Gasteiger partial charge in [-0.1, -0.05) is 6.92 Å². The number of hydrogen-bond donors (Lipinski definition) is 0. The van der Waals surface area contributed by atoms with Gasteiger partial charge >= 0.3 is 5.63 Å². The SMILES string of the molecule is CCc1cc(=O)oc2c1C(=O)N(CC1CC1)C(=O)C2. The Bertz CT molecular complexity index is 612. The summed E-state index contributed by atoms with van der Waals surface area (Å²) in [4.78, 5) is 37.1. The van der Waals surface area contributed by atoms with E-state index in [0.29, 0.717) is 30.0 Å². The maximum Gasteiger partial charge on any atom is 0.336 e. The molecule has 1 aromatic rings. The summed E-state index contributed by atoms with van der Waals surface area (Å²) in [5.41, 5.74) is 0.596. The van der Waals surface area contributed by atoms with Crippen LogP contribution in [-0.4, -0.2) is 23.3 Å².